The number of benzene rings is 2. The fourth-order valence-electron chi connectivity index (χ4n) is 2.55. The number of halogens is 2. The average molecular weight is 417 g/mol. The fourth-order valence-corrected chi connectivity index (χ4v) is 3.97. The summed E-state index contributed by atoms with van der Waals surface area (Å²) in [5, 5.41) is 2.62. The maximum Gasteiger partial charge on any atom is 0.264 e. The Hall–Kier alpha value is -3.33. The maximum absolute atomic E-state index is 13.3. The molecule has 0 aliphatic heterocycles. The lowest BCUT2D eigenvalue weighted by Crippen LogP contribution is -2.40. The highest BCUT2D eigenvalue weighted by atomic mass is 32.2. The number of aromatic nitrogens is 1. The molecule has 1 aromatic heterocycles. The summed E-state index contributed by atoms with van der Waals surface area (Å²) in [6.07, 6.45) is 3.17. The zero-order valence-corrected chi connectivity index (χ0v) is 15.9. The van der Waals surface area contributed by atoms with Gasteiger partial charge in [0.25, 0.3) is 10.0 Å². The summed E-state index contributed by atoms with van der Waals surface area (Å²) >= 11 is 0. The van der Waals surface area contributed by atoms with Crippen LogP contribution in [0.4, 0.5) is 14.5 Å². The Labute approximate surface area is 166 Å². The zero-order valence-electron chi connectivity index (χ0n) is 15.1. The molecule has 0 fully saturated rings. The van der Waals surface area contributed by atoms with Gasteiger partial charge < -0.3 is 5.32 Å². The number of carbonyl (C=O) groups excluding carboxylic acids is 1. The number of anilines is 1. The monoisotopic (exact) mass is 417 g/mol. The molecule has 1 N–H and O–H groups in total. The van der Waals surface area contributed by atoms with Crippen molar-refractivity contribution < 1.29 is 22.0 Å². The first-order valence-corrected chi connectivity index (χ1v) is 10.00. The van der Waals surface area contributed by atoms with Crippen LogP contribution in [0, 0.1) is 11.6 Å². The first kappa shape index (κ1) is 20.4. The third-order valence-corrected chi connectivity index (χ3v) is 5.80. The van der Waals surface area contributed by atoms with Crippen LogP contribution in [-0.2, 0) is 21.4 Å². The Bertz CT molecular complexity index is 1070. The van der Waals surface area contributed by atoms with Gasteiger partial charge in [-0.3, -0.25) is 14.1 Å². The predicted molar refractivity (Wildman–Crippen MR) is 103 cm³/mol. The van der Waals surface area contributed by atoms with Gasteiger partial charge in [-0.05, 0) is 60.2 Å². The Balaban J connectivity index is 1.86. The number of carbonyl (C=O) groups is 1. The molecule has 0 atom stereocenters. The van der Waals surface area contributed by atoms with E-state index in [1.165, 1.54) is 12.1 Å². The van der Waals surface area contributed by atoms with Gasteiger partial charge in [-0.15, -0.1) is 0 Å². The SMILES string of the molecule is O=C(CN(c1ccc(F)cc1)S(=O)(=O)c1ccc(F)cc1)NCc1cccnc1. The number of sulfonamides is 1. The molecule has 1 amide bonds. The van der Waals surface area contributed by atoms with Crippen LogP contribution in [0.15, 0.2) is 78.0 Å². The number of nitrogens with zero attached hydrogens (tertiary/aromatic N) is 2. The molecule has 0 radical (unpaired) electrons. The number of rotatable bonds is 7. The molecule has 29 heavy (non-hydrogen) atoms. The van der Waals surface area contributed by atoms with Crippen molar-refractivity contribution in [3.63, 3.8) is 0 Å². The van der Waals surface area contributed by atoms with E-state index in [9.17, 15) is 22.0 Å². The minimum atomic E-state index is -4.19. The van der Waals surface area contributed by atoms with E-state index in [4.69, 9.17) is 0 Å². The molecule has 0 aliphatic carbocycles. The molecule has 0 aliphatic rings. The highest BCUT2D eigenvalue weighted by molar-refractivity contribution is 7.92. The molecular formula is C20H17F2N3O3S. The molecule has 0 spiro atoms. The highest BCUT2D eigenvalue weighted by Gasteiger charge is 2.27. The standard InChI is InChI=1S/C20H17F2N3O3S/c21-16-3-7-18(8-4-16)25(29(27,28)19-9-5-17(22)6-10-19)14-20(26)24-13-15-2-1-11-23-12-15/h1-12H,13-14H2,(H,24,26). The van der Waals surface area contributed by atoms with E-state index in [1.807, 2.05) is 0 Å². The zero-order chi connectivity index (χ0) is 20.9. The van der Waals surface area contributed by atoms with E-state index >= 15 is 0 Å². The van der Waals surface area contributed by atoms with Crippen molar-refractivity contribution in [1.29, 1.82) is 0 Å². The third-order valence-electron chi connectivity index (χ3n) is 4.02. The molecule has 9 heteroatoms. The summed E-state index contributed by atoms with van der Waals surface area (Å²) < 4.78 is 53.4. The molecule has 3 aromatic rings. The predicted octanol–water partition coefficient (Wildman–Crippen LogP) is 2.87. The molecule has 0 bridgehead atoms. The van der Waals surface area contributed by atoms with Crippen molar-refractivity contribution >= 4 is 21.6 Å². The molecule has 2 aromatic carbocycles. The van der Waals surface area contributed by atoms with Crippen molar-refractivity contribution in [1.82, 2.24) is 10.3 Å². The van der Waals surface area contributed by atoms with Crippen LogP contribution < -0.4 is 9.62 Å². The number of nitrogens with one attached hydrogen (secondary N) is 1. The van der Waals surface area contributed by atoms with Crippen LogP contribution in [-0.4, -0.2) is 25.9 Å². The van der Waals surface area contributed by atoms with Gasteiger partial charge in [0.1, 0.15) is 18.2 Å². The molecule has 0 saturated heterocycles. The van der Waals surface area contributed by atoms with Crippen LogP contribution in [0.3, 0.4) is 0 Å². The first-order valence-electron chi connectivity index (χ1n) is 8.56. The second kappa shape index (κ2) is 8.78. The van der Waals surface area contributed by atoms with Gasteiger partial charge in [0.2, 0.25) is 5.91 Å². The van der Waals surface area contributed by atoms with E-state index in [2.05, 4.69) is 10.3 Å². The van der Waals surface area contributed by atoms with Gasteiger partial charge in [0.15, 0.2) is 0 Å². The van der Waals surface area contributed by atoms with E-state index in [-0.39, 0.29) is 17.1 Å². The van der Waals surface area contributed by atoms with Gasteiger partial charge in [-0.25, -0.2) is 17.2 Å². The molecule has 6 nitrogen and oxygen atoms in total. The smallest absolute Gasteiger partial charge is 0.264 e. The Morgan fingerprint density at radius 2 is 1.59 bits per heavy atom. The van der Waals surface area contributed by atoms with Crippen LogP contribution >= 0.6 is 0 Å². The Morgan fingerprint density at radius 1 is 0.966 bits per heavy atom. The molecule has 150 valence electrons. The lowest BCUT2D eigenvalue weighted by atomic mass is 10.3. The van der Waals surface area contributed by atoms with E-state index < -0.39 is 34.1 Å². The summed E-state index contributed by atoms with van der Waals surface area (Å²) in [7, 11) is -4.19. The average Bonchev–Trinajstić information content (AvgIpc) is 2.72. The molecule has 3 rings (SSSR count). The third kappa shape index (κ3) is 5.14. The minimum absolute atomic E-state index is 0.104. The highest BCUT2D eigenvalue weighted by Crippen LogP contribution is 2.24. The van der Waals surface area contributed by atoms with E-state index in [1.54, 1.807) is 24.5 Å². The van der Waals surface area contributed by atoms with Gasteiger partial charge in [-0.1, -0.05) is 6.07 Å². The van der Waals surface area contributed by atoms with Crippen LogP contribution in [0.2, 0.25) is 0 Å². The normalized spacial score (nSPS) is 11.1. The minimum Gasteiger partial charge on any atom is -0.350 e. The molecular weight excluding hydrogens is 400 g/mol. The quantitative estimate of drug-likeness (QED) is 0.641. The van der Waals surface area contributed by atoms with Crippen molar-refractivity contribution in [2.75, 3.05) is 10.8 Å². The molecule has 0 unspecified atom stereocenters. The summed E-state index contributed by atoms with van der Waals surface area (Å²) in [6.45, 7) is -0.369. The summed E-state index contributed by atoms with van der Waals surface area (Å²) in [5.74, 6) is -1.70. The number of hydrogen-bond acceptors (Lipinski definition) is 4. The van der Waals surface area contributed by atoms with E-state index in [0.29, 0.717) is 0 Å². The lowest BCUT2D eigenvalue weighted by Gasteiger charge is -2.24. The topological polar surface area (TPSA) is 79.4 Å². The van der Waals surface area contributed by atoms with E-state index in [0.717, 1.165) is 46.3 Å². The van der Waals surface area contributed by atoms with Gasteiger partial charge in [0, 0.05) is 18.9 Å². The van der Waals surface area contributed by atoms with Crippen molar-refractivity contribution in [2.24, 2.45) is 0 Å². The maximum atomic E-state index is 13.3. The Kier molecular flexibility index (Phi) is 6.18. The number of hydrogen-bond donors (Lipinski definition) is 1. The summed E-state index contributed by atoms with van der Waals surface area (Å²) in [6, 6.07) is 12.4. The number of amides is 1. The van der Waals surface area contributed by atoms with Crippen molar-refractivity contribution in [2.45, 2.75) is 11.4 Å². The van der Waals surface area contributed by atoms with Crippen molar-refractivity contribution in [3.8, 4) is 0 Å². The second-order valence-electron chi connectivity index (χ2n) is 6.08. The lowest BCUT2D eigenvalue weighted by molar-refractivity contribution is -0.119. The molecule has 0 saturated carbocycles. The number of pyridine rings is 1. The van der Waals surface area contributed by atoms with Crippen LogP contribution in [0.25, 0.3) is 0 Å². The van der Waals surface area contributed by atoms with Crippen molar-refractivity contribution in [3.05, 3.63) is 90.3 Å². The van der Waals surface area contributed by atoms with Gasteiger partial charge in [0.05, 0.1) is 10.6 Å². The summed E-state index contributed by atoms with van der Waals surface area (Å²) in [5.41, 5.74) is 0.850. The Morgan fingerprint density at radius 3 is 2.17 bits per heavy atom. The second-order valence-corrected chi connectivity index (χ2v) is 7.94. The molecule has 1 heterocycles. The van der Waals surface area contributed by atoms with Gasteiger partial charge in [-0.2, -0.15) is 0 Å². The van der Waals surface area contributed by atoms with Gasteiger partial charge >= 0.3 is 0 Å². The summed E-state index contributed by atoms with van der Waals surface area (Å²) in [4.78, 5) is 16.2. The largest absolute Gasteiger partial charge is 0.350 e. The fraction of sp³-hybridized carbons (Fsp3) is 0.100. The van der Waals surface area contributed by atoms with Crippen LogP contribution in [0.5, 0.6) is 0 Å². The van der Waals surface area contributed by atoms with Crippen LogP contribution in [0.1, 0.15) is 5.56 Å². The first-order chi connectivity index (χ1) is 13.9.